The maximum Gasteiger partial charge on any atom is 0.130 e. The number of pyridine rings is 1. The number of anilines is 1. The summed E-state index contributed by atoms with van der Waals surface area (Å²) in [5, 5.41) is 9.85. The van der Waals surface area contributed by atoms with Gasteiger partial charge in [-0.05, 0) is 56.8 Å². The molecule has 2 N–H and O–H groups in total. The van der Waals surface area contributed by atoms with Crippen molar-refractivity contribution in [2.45, 2.75) is 58.4 Å². The van der Waals surface area contributed by atoms with Crippen LogP contribution in [-0.2, 0) is 5.41 Å². The molecule has 4 rings (SSSR count). The van der Waals surface area contributed by atoms with Gasteiger partial charge in [0.25, 0.3) is 0 Å². The molecule has 1 aromatic carbocycles. The van der Waals surface area contributed by atoms with Crippen molar-refractivity contribution in [1.82, 2.24) is 15.3 Å². The maximum atomic E-state index is 4.96. The van der Waals surface area contributed by atoms with E-state index in [-0.39, 0.29) is 5.41 Å². The number of nitrogens with zero attached hydrogens (tertiary/aromatic N) is 4. The second kappa shape index (κ2) is 10.1. The van der Waals surface area contributed by atoms with E-state index in [4.69, 9.17) is 4.99 Å². The van der Waals surface area contributed by atoms with Gasteiger partial charge in [0.15, 0.2) is 0 Å². The number of rotatable bonds is 8. The predicted molar refractivity (Wildman–Crippen MR) is 145 cm³/mol. The quantitative estimate of drug-likeness (QED) is 0.405. The van der Waals surface area contributed by atoms with E-state index < -0.39 is 0 Å². The third-order valence-electron chi connectivity index (χ3n) is 7.07. The van der Waals surface area contributed by atoms with Crippen molar-refractivity contribution in [2.75, 3.05) is 25.5 Å². The molecular formula is C28H38N6. The number of hydrazone groups is 1. The van der Waals surface area contributed by atoms with Crippen LogP contribution in [-0.4, -0.2) is 48.0 Å². The lowest BCUT2D eigenvalue weighted by atomic mass is 9.85. The van der Waals surface area contributed by atoms with E-state index in [1.807, 2.05) is 19.5 Å². The first kappa shape index (κ1) is 24.1. The molecule has 0 atom stereocenters. The summed E-state index contributed by atoms with van der Waals surface area (Å²) >= 11 is 0. The van der Waals surface area contributed by atoms with Crippen molar-refractivity contribution in [3.05, 3.63) is 60.1 Å². The summed E-state index contributed by atoms with van der Waals surface area (Å²) in [5.41, 5.74) is 6.92. The SMILES string of the molecule is C=C(Nc1cc2cc(C(C)(C)/C=N\NC)ccc2cn1)C1=CCC(C2CCN(C(C)C)CC2)=N1. The van der Waals surface area contributed by atoms with E-state index in [0.717, 1.165) is 47.5 Å². The van der Waals surface area contributed by atoms with Crippen molar-refractivity contribution in [3.8, 4) is 0 Å². The second-order valence-electron chi connectivity index (χ2n) is 10.2. The van der Waals surface area contributed by atoms with Crippen molar-refractivity contribution < 1.29 is 0 Å². The van der Waals surface area contributed by atoms with Crippen LogP contribution in [0.3, 0.4) is 0 Å². The first-order chi connectivity index (χ1) is 16.3. The highest BCUT2D eigenvalue weighted by Gasteiger charge is 2.26. The minimum absolute atomic E-state index is 0.178. The molecule has 0 bridgehead atoms. The normalized spacial score (nSPS) is 17.9. The summed E-state index contributed by atoms with van der Waals surface area (Å²) in [5.74, 6) is 1.37. The number of likely N-dealkylation sites (tertiary alicyclic amines) is 1. The van der Waals surface area contributed by atoms with Gasteiger partial charge < -0.3 is 15.6 Å². The van der Waals surface area contributed by atoms with E-state index in [9.17, 15) is 0 Å². The number of piperidine rings is 1. The highest BCUT2D eigenvalue weighted by molar-refractivity contribution is 5.92. The predicted octanol–water partition coefficient (Wildman–Crippen LogP) is 5.49. The molecule has 0 amide bonds. The maximum absolute atomic E-state index is 4.96. The molecule has 3 heterocycles. The van der Waals surface area contributed by atoms with Gasteiger partial charge >= 0.3 is 0 Å². The van der Waals surface area contributed by atoms with Crippen LogP contribution >= 0.6 is 0 Å². The Morgan fingerprint density at radius 3 is 2.68 bits per heavy atom. The van der Waals surface area contributed by atoms with E-state index in [0.29, 0.717) is 12.0 Å². The number of allylic oxidation sites excluding steroid dienone is 1. The minimum atomic E-state index is -0.178. The molecule has 0 aliphatic carbocycles. The molecule has 6 nitrogen and oxygen atoms in total. The third-order valence-corrected chi connectivity index (χ3v) is 7.07. The zero-order valence-electron chi connectivity index (χ0n) is 21.2. The van der Waals surface area contributed by atoms with Gasteiger partial charge in [0.1, 0.15) is 5.82 Å². The van der Waals surface area contributed by atoms with Gasteiger partial charge in [-0.2, -0.15) is 5.10 Å². The molecule has 1 aromatic heterocycles. The van der Waals surface area contributed by atoms with Crippen LogP contribution in [0.1, 0.15) is 52.5 Å². The monoisotopic (exact) mass is 458 g/mol. The third kappa shape index (κ3) is 5.39. The fraction of sp³-hybridized carbons (Fsp3) is 0.464. The highest BCUT2D eigenvalue weighted by atomic mass is 15.3. The van der Waals surface area contributed by atoms with Crippen molar-refractivity contribution >= 4 is 28.5 Å². The van der Waals surface area contributed by atoms with E-state index in [2.05, 4.69) is 90.3 Å². The molecule has 0 radical (unpaired) electrons. The number of hydrogen-bond acceptors (Lipinski definition) is 6. The van der Waals surface area contributed by atoms with Gasteiger partial charge in [0.05, 0.1) is 11.4 Å². The Morgan fingerprint density at radius 1 is 1.21 bits per heavy atom. The number of aliphatic imine (C=N–C) groups is 1. The number of aromatic nitrogens is 1. The fourth-order valence-electron chi connectivity index (χ4n) is 4.77. The first-order valence-electron chi connectivity index (χ1n) is 12.4. The fourth-order valence-corrected chi connectivity index (χ4v) is 4.77. The molecule has 2 aliphatic rings. The summed E-state index contributed by atoms with van der Waals surface area (Å²) in [6.45, 7) is 15.5. The average Bonchev–Trinajstić information content (AvgIpc) is 3.33. The molecular weight excluding hydrogens is 420 g/mol. The smallest absolute Gasteiger partial charge is 0.130 e. The van der Waals surface area contributed by atoms with E-state index in [1.54, 1.807) is 0 Å². The number of fused-ring (bicyclic) bond motifs is 1. The van der Waals surface area contributed by atoms with Crippen LogP contribution in [0.5, 0.6) is 0 Å². The molecule has 0 unspecified atom stereocenters. The Balaban J connectivity index is 1.44. The average molecular weight is 459 g/mol. The van der Waals surface area contributed by atoms with Crippen LogP contribution in [0.25, 0.3) is 10.8 Å². The Morgan fingerprint density at radius 2 is 1.97 bits per heavy atom. The van der Waals surface area contributed by atoms with Gasteiger partial charge in [-0.1, -0.05) is 44.7 Å². The largest absolute Gasteiger partial charge is 0.339 e. The molecule has 6 heteroatoms. The molecule has 0 saturated carbocycles. The molecule has 180 valence electrons. The van der Waals surface area contributed by atoms with Gasteiger partial charge in [0, 0.05) is 54.4 Å². The summed E-state index contributed by atoms with van der Waals surface area (Å²) in [6, 6.07) is 9.18. The number of benzene rings is 1. The summed E-state index contributed by atoms with van der Waals surface area (Å²) in [6.07, 6.45) is 9.36. The molecule has 2 aromatic rings. The van der Waals surface area contributed by atoms with Crippen LogP contribution in [0.15, 0.2) is 64.6 Å². The highest BCUT2D eigenvalue weighted by Crippen LogP contribution is 2.30. The molecule has 0 spiro atoms. The van der Waals surface area contributed by atoms with Crippen molar-refractivity contribution in [2.24, 2.45) is 16.0 Å². The lowest BCUT2D eigenvalue weighted by molar-refractivity contribution is 0.169. The van der Waals surface area contributed by atoms with Gasteiger partial charge in [-0.25, -0.2) is 4.98 Å². The number of nitrogens with one attached hydrogen (secondary N) is 2. The topological polar surface area (TPSA) is 64.9 Å². The Labute approximate surface area is 203 Å². The summed E-state index contributed by atoms with van der Waals surface area (Å²) < 4.78 is 0. The second-order valence-corrected chi connectivity index (χ2v) is 10.2. The van der Waals surface area contributed by atoms with E-state index in [1.165, 1.54) is 24.1 Å². The molecule has 2 aliphatic heterocycles. The Bertz CT molecular complexity index is 1130. The van der Waals surface area contributed by atoms with Gasteiger partial charge in [0.2, 0.25) is 0 Å². The van der Waals surface area contributed by atoms with Crippen LogP contribution in [0.4, 0.5) is 5.82 Å². The standard InChI is InChI=1S/C28H38N6/c1-19(2)34-13-11-21(12-14-34)26-10-9-25(33-26)20(3)32-27-16-23-15-24(8-7-22(23)17-30-27)28(4,5)18-31-29-6/h7-9,15-19,21,29H,3,10-14H2,1-2,4-6H3,(H,30,32)/b31-18-. The van der Waals surface area contributed by atoms with Crippen molar-refractivity contribution in [1.29, 1.82) is 0 Å². The van der Waals surface area contributed by atoms with Crippen LogP contribution < -0.4 is 10.7 Å². The molecule has 1 saturated heterocycles. The van der Waals surface area contributed by atoms with Crippen LogP contribution in [0.2, 0.25) is 0 Å². The molecule has 34 heavy (non-hydrogen) atoms. The van der Waals surface area contributed by atoms with Gasteiger partial charge in [-0.3, -0.25) is 4.99 Å². The first-order valence-corrected chi connectivity index (χ1v) is 12.4. The lowest BCUT2D eigenvalue weighted by Crippen LogP contribution is -2.40. The Kier molecular flexibility index (Phi) is 7.17. The Hall–Kier alpha value is -2.99. The number of hydrogen-bond donors (Lipinski definition) is 2. The summed E-state index contributed by atoms with van der Waals surface area (Å²) in [4.78, 5) is 12.1. The zero-order chi connectivity index (χ0) is 24.3. The minimum Gasteiger partial charge on any atom is -0.339 e. The zero-order valence-corrected chi connectivity index (χ0v) is 21.2. The van der Waals surface area contributed by atoms with Gasteiger partial charge in [-0.15, -0.1) is 0 Å². The lowest BCUT2D eigenvalue weighted by Gasteiger charge is -2.34. The van der Waals surface area contributed by atoms with Crippen LogP contribution in [0, 0.1) is 5.92 Å². The van der Waals surface area contributed by atoms with Crippen molar-refractivity contribution in [3.63, 3.8) is 0 Å². The van der Waals surface area contributed by atoms with E-state index >= 15 is 0 Å². The summed E-state index contributed by atoms with van der Waals surface area (Å²) in [7, 11) is 1.81. The molecule has 1 fully saturated rings.